The van der Waals surface area contributed by atoms with E-state index in [2.05, 4.69) is 55.9 Å². The van der Waals surface area contributed by atoms with E-state index in [1.807, 2.05) is 0 Å². The molecule has 6 rings (SSSR count). The number of rotatable bonds is 5. The van der Waals surface area contributed by atoms with Gasteiger partial charge < -0.3 is 36.2 Å². The van der Waals surface area contributed by atoms with Gasteiger partial charge in [0.15, 0.2) is 0 Å². The van der Waals surface area contributed by atoms with Gasteiger partial charge in [0.1, 0.15) is 0 Å². The molecule has 6 aliphatic rings. The van der Waals surface area contributed by atoms with Gasteiger partial charge in [-0.2, -0.15) is 0 Å². The highest BCUT2D eigenvalue weighted by Crippen LogP contribution is 2.50. The Morgan fingerprint density at radius 1 is 0.738 bits per heavy atom. The lowest BCUT2D eigenvalue weighted by Crippen LogP contribution is -2.48. The van der Waals surface area contributed by atoms with Crippen LogP contribution in [-0.2, 0) is 14.3 Å². The summed E-state index contributed by atoms with van der Waals surface area (Å²) in [6.45, 7) is 11.4. The molecule has 0 aromatic carbocycles. The van der Waals surface area contributed by atoms with Crippen molar-refractivity contribution in [3.8, 4) is 0 Å². The Morgan fingerprint density at radius 3 is 2.00 bits per heavy atom. The van der Waals surface area contributed by atoms with E-state index >= 15 is 0 Å². The average Bonchev–Trinajstić information content (AvgIpc) is 3.70. The van der Waals surface area contributed by atoms with E-state index in [0.29, 0.717) is 60.1 Å². The van der Waals surface area contributed by atoms with Crippen LogP contribution in [0.15, 0.2) is 0 Å². The van der Waals surface area contributed by atoms with Crippen molar-refractivity contribution in [2.75, 3.05) is 7.11 Å². The summed E-state index contributed by atoms with van der Waals surface area (Å²) in [6, 6.07) is 1.78. The van der Waals surface area contributed by atoms with E-state index in [1.165, 1.54) is 7.11 Å². The first-order valence-corrected chi connectivity index (χ1v) is 17.1. The van der Waals surface area contributed by atoms with Gasteiger partial charge in [-0.1, -0.05) is 41.0 Å². The number of hydrogen-bond donors (Lipinski definition) is 6. The van der Waals surface area contributed by atoms with Gasteiger partial charge in [-0.3, -0.25) is 9.59 Å². The minimum Gasteiger partial charge on any atom is -0.481 e. The van der Waals surface area contributed by atoms with Crippen LogP contribution in [0.2, 0.25) is 0 Å². The standard InChI is InChI=1S/C33H56N4O5/c1-7-18-14(2)21-13-26-29(33(40)41)16(4)23(35-26)11-22-15(3)19(8-9-28(39)42-6)31(36-22)20-10-27(38)30-17(5)24(37-32(20)30)12-25(18)34-21/h14-27,29-32,34-38H,7-13H2,1-6H3,(H,40,41)/t14?,15-,16?,17?,18?,19-,20?,21?,22?,23?,24?,25?,26?,27?,29?,30?,31?,32?/m0/s1. The van der Waals surface area contributed by atoms with Crippen LogP contribution in [0.25, 0.3) is 0 Å². The molecule has 1 aliphatic carbocycles. The molecule has 5 saturated heterocycles. The van der Waals surface area contributed by atoms with Gasteiger partial charge in [0, 0.05) is 60.7 Å². The van der Waals surface area contributed by atoms with E-state index in [0.717, 1.165) is 38.5 Å². The lowest BCUT2D eigenvalue weighted by Gasteiger charge is -2.32. The summed E-state index contributed by atoms with van der Waals surface area (Å²) in [5, 5.41) is 37.9. The number of carboxylic acids is 1. The molecule has 18 atom stereocenters. The van der Waals surface area contributed by atoms with E-state index in [4.69, 9.17) is 4.74 Å². The molecular weight excluding hydrogens is 532 g/mol. The predicted molar refractivity (Wildman–Crippen MR) is 161 cm³/mol. The van der Waals surface area contributed by atoms with E-state index in [-0.39, 0.29) is 54.1 Å². The molecule has 0 amide bonds. The Hall–Kier alpha value is -1.26. The third-order valence-corrected chi connectivity index (χ3v) is 13.6. The minimum absolute atomic E-state index is 0.0374. The molecule has 9 heteroatoms. The third kappa shape index (κ3) is 5.13. The minimum atomic E-state index is -0.683. The quantitative estimate of drug-likeness (QED) is 0.268. The number of aliphatic hydroxyl groups excluding tert-OH is 1. The molecular formula is C33H56N4O5. The van der Waals surface area contributed by atoms with Crippen molar-refractivity contribution in [1.82, 2.24) is 21.3 Å². The van der Waals surface area contributed by atoms with Gasteiger partial charge in [0.05, 0.1) is 19.1 Å². The number of carbonyl (C=O) groups excluding carboxylic acids is 1. The third-order valence-electron chi connectivity index (χ3n) is 13.6. The van der Waals surface area contributed by atoms with Crippen LogP contribution in [0.1, 0.15) is 79.6 Å². The number of fused-ring (bicyclic) bond motifs is 8. The second kappa shape index (κ2) is 11.9. The van der Waals surface area contributed by atoms with E-state index in [1.54, 1.807) is 0 Å². The van der Waals surface area contributed by atoms with Gasteiger partial charge in [-0.25, -0.2) is 0 Å². The molecule has 16 unspecified atom stereocenters. The summed E-state index contributed by atoms with van der Waals surface area (Å²) in [4.78, 5) is 24.9. The highest BCUT2D eigenvalue weighted by molar-refractivity contribution is 5.72. The number of carbonyl (C=O) groups is 2. The summed E-state index contributed by atoms with van der Waals surface area (Å²) in [7, 11) is 1.46. The number of ether oxygens (including phenoxy) is 1. The van der Waals surface area contributed by atoms with Crippen molar-refractivity contribution in [1.29, 1.82) is 0 Å². The molecule has 238 valence electrons. The fraction of sp³-hybridized carbons (Fsp3) is 0.939. The van der Waals surface area contributed by atoms with Crippen LogP contribution >= 0.6 is 0 Å². The average molecular weight is 589 g/mol. The summed E-state index contributed by atoms with van der Waals surface area (Å²) in [6.07, 6.45) is 5.49. The monoisotopic (exact) mass is 588 g/mol. The number of nitrogens with one attached hydrogen (secondary N) is 4. The molecule has 0 aromatic rings. The second-order valence-corrected chi connectivity index (χ2v) is 15.3. The maximum atomic E-state index is 12.6. The summed E-state index contributed by atoms with van der Waals surface area (Å²) in [5.74, 6) is 1.39. The summed E-state index contributed by atoms with van der Waals surface area (Å²) < 4.78 is 5.03. The normalized spacial score (nSPS) is 53.4. The molecule has 0 spiro atoms. The number of methoxy groups -OCH3 is 1. The van der Waals surface area contributed by atoms with Crippen LogP contribution < -0.4 is 21.3 Å². The molecule has 6 N–H and O–H groups in total. The largest absolute Gasteiger partial charge is 0.481 e. The van der Waals surface area contributed by atoms with Crippen LogP contribution in [-0.4, -0.2) is 83.7 Å². The molecule has 9 nitrogen and oxygen atoms in total. The van der Waals surface area contributed by atoms with Crippen molar-refractivity contribution < 1.29 is 24.5 Å². The van der Waals surface area contributed by atoms with Crippen molar-refractivity contribution in [3.05, 3.63) is 0 Å². The molecule has 42 heavy (non-hydrogen) atoms. The van der Waals surface area contributed by atoms with Crippen LogP contribution in [0.5, 0.6) is 0 Å². The Kier molecular flexibility index (Phi) is 8.73. The maximum Gasteiger partial charge on any atom is 0.308 e. The maximum absolute atomic E-state index is 12.6. The zero-order valence-corrected chi connectivity index (χ0v) is 26.5. The Bertz CT molecular complexity index is 1010. The Balaban J connectivity index is 1.35. The first kappa shape index (κ1) is 30.8. The number of hydrogen-bond acceptors (Lipinski definition) is 8. The first-order valence-electron chi connectivity index (χ1n) is 17.1. The summed E-state index contributed by atoms with van der Waals surface area (Å²) in [5.41, 5.74) is 0. The van der Waals surface area contributed by atoms with Crippen molar-refractivity contribution in [2.45, 2.75) is 134 Å². The molecule has 0 radical (unpaired) electrons. The van der Waals surface area contributed by atoms with Gasteiger partial charge in [-0.15, -0.1) is 0 Å². The van der Waals surface area contributed by atoms with Gasteiger partial charge >= 0.3 is 11.9 Å². The zero-order chi connectivity index (χ0) is 30.0. The van der Waals surface area contributed by atoms with E-state index in [9.17, 15) is 19.8 Å². The Labute approximate surface area is 252 Å². The number of esters is 1. The van der Waals surface area contributed by atoms with Crippen molar-refractivity contribution in [2.24, 2.45) is 53.3 Å². The molecule has 1 saturated carbocycles. The fourth-order valence-electron chi connectivity index (χ4n) is 11.3. The van der Waals surface area contributed by atoms with E-state index < -0.39 is 11.9 Å². The number of aliphatic hydroxyl groups is 1. The van der Waals surface area contributed by atoms with Gasteiger partial charge in [0.25, 0.3) is 0 Å². The van der Waals surface area contributed by atoms with Crippen molar-refractivity contribution >= 4 is 11.9 Å². The van der Waals surface area contributed by atoms with Crippen molar-refractivity contribution in [3.63, 3.8) is 0 Å². The molecule has 8 bridgehead atoms. The SMILES string of the molecule is CCC1C2CC3NC4C(CC(O)C4C3C)C3NC(CC4NC(CC(N2)C1C)C(C(=O)O)C4C)[C@@H](C)[C@@H]3CCC(=O)OC. The second-order valence-electron chi connectivity index (χ2n) is 15.3. The predicted octanol–water partition coefficient (Wildman–Crippen LogP) is 2.37. The number of aliphatic carboxylic acids is 1. The molecule has 5 heterocycles. The number of carboxylic acid groups (broad SMARTS) is 1. The topological polar surface area (TPSA) is 132 Å². The van der Waals surface area contributed by atoms with Gasteiger partial charge in [-0.05, 0) is 73.5 Å². The zero-order valence-electron chi connectivity index (χ0n) is 26.5. The first-order chi connectivity index (χ1) is 20.0. The molecule has 0 aromatic heterocycles. The highest BCUT2D eigenvalue weighted by Gasteiger charge is 2.58. The molecule has 5 aliphatic heterocycles. The fourth-order valence-corrected chi connectivity index (χ4v) is 11.3. The summed E-state index contributed by atoms with van der Waals surface area (Å²) >= 11 is 0. The smallest absolute Gasteiger partial charge is 0.308 e. The molecule has 6 fully saturated rings. The van der Waals surface area contributed by atoms with Crippen LogP contribution in [0.3, 0.4) is 0 Å². The van der Waals surface area contributed by atoms with Crippen LogP contribution in [0, 0.1) is 53.3 Å². The van der Waals surface area contributed by atoms with Gasteiger partial charge in [0.2, 0.25) is 0 Å². The Morgan fingerprint density at radius 2 is 1.31 bits per heavy atom. The lowest BCUT2D eigenvalue weighted by atomic mass is 9.76. The lowest BCUT2D eigenvalue weighted by molar-refractivity contribution is -0.143. The van der Waals surface area contributed by atoms with Crippen LogP contribution in [0.4, 0.5) is 0 Å². The highest BCUT2D eigenvalue weighted by atomic mass is 16.5.